The molecule has 0 amide bonds. The van der Waals surface area contributed by atoms with E-state index in [2.05, 4.69) is 20.3 Å². The molecule has 12 heteroatoms. The molecule has 1 aromatic carbocycles. The summed E-state index contributed by atoms with van der Waals surface area (Å²) in [6.07, 6.45) is -0.0429. The number of nitrogens with one attached hydrogen (secondary N) is 1. The number of thioether (sulfide) groups is 1. The molecule has 2 aliphatic heterocycles. The van der Waals surface area contributed by atoms with Gasteiger partial charge in [-0.05, 0) is 18.6 Å². The number of anilines is 1. The van der Waals surface area contributed by atoms with Crippen molar-refractivity contribution in [3.63, 3.8) is 0 Å². The minimum absolute atomic E-state index is 0.146. The third-order valence-electron chi connectivity index (χ3n) is 5.94. The van der Waals surface area contributed by atoms with E-state index in [0.717, 1.165) is 6.42 Å². The van der Waals surface area contributed by atoms with Crippen LogP contribution in [-0.4, -0.2) is 86.1 Å². The van der Waals surface area contributed by atoms with Crippen LogP contribution in [0.15, 0.2) is 41.8 Å². The van der Waals surface area contributed by atoms with Crippen LogP contribution >= 0.6 is 11.8 Å². The van der Waals surface area contributed by atoms with E-state index in [4.69, 9.17) is 14.2 Å². The summed E-state index contributed by atoms with van der Waals surface area (Å²) in [4.78, 5) is 25.8. The number of fused-ring (bicyclic) bond motifs is 1. The number of aliphatic hydroxyl groups excluding tert-OH is 2. The van der Waals surface area contributed by atoms with E-state index < -0.39 is 30.5 Å². The lowest BCUT2D eigenvalue weighted by Crippen LogP contribution is -2.32. The summed E-state index contributed by atoms with van der Waals surface area (Å²) in [7, 11) is 1.33. The number of aromatic nitrogens is 4. The predicted octanol–water partition coefficient (Wildman–Crippen LogP) is 1.23. The van der Waals surface area contributed by atoms with Crippen molar-refractivity contribution in [1.29, 1.82) is 0 Å². The van der Waals surface area contributed by atoms with Crippen molar-refractivity contribution >= 4 is 34.7 Å². The number of ether oxygens (including phenoxy) is 3. The Labute approximate surface area is 199 Å². The van der Waals surface area contributed by atoms with Crippen molar-refractivity contribution < 1.29 is 29.2 Å². The van der Waals surface area contributed by atoms with Crippen LogP contribution in [-0.2, 0) is 14.2 Å². The maximum atomic E-state index is 12.0. The van der Waals surface area contributed by atoms with Crippen LogP contribution in [0.25, 0.3) is 11.2 Å². The topological polar surface area (TPSA) is 141 Å². The van der Waals surface area contributed by atoms with Gasteiger partial charge in [0.05, 0.1) is 37.8 Å². The molecular weight excluding hydrogens is 462 g/mol. The Kier molecular flexibility index (Phi) is 6.66. The second-order valence-corrected chi connectivity index (χ2v) is 9.16. The monoisotopic (exact) mass is 487 g/mol. The summed E-state index contributed by atoms with van der Waals surface area (Å²) in [5.41, 5.74) is 1.46. The van der Waals surface area contributed by atoms with Gasteiger partial charge < -0.3 is 29.7 Å². The summed E-state index contributed by atoms with van der Waals surface area (Å²) in [5.74, 6) is 0.463. The quantitative estimate of drug-likeness (QED) is 0.327. The maximum Gasteiger partial charge on any atom is 0.338 e. The minimum atomic E-state index is -1.19. The molecule has 0 radical (unpaired) electrons. The molecule has 3 aromatic rings. The first kappa shape index (κ1) is 23.0. The molecule has 5 rings (SSSR count). The third kappa shape index (κ3) is 4.34. The van der Waals surface area contributed by atoms with Gasteiger partial charge in [-0.25, -0.2) is 19.7 Å². The fourth-order valence-corrected chi connectivity index (χ4v) is 5.23. The Morgan fingerprint density at radius 1 is 1.26 bits per heavy atom. The number of aliphatic hydroxyl groups is 2. The van der Waals surface area contributed by atoms with Crippen LogP contribution in [0.3, 0.4) is 0 Å². The Bertz CT molecular complexity index is 1170. The smallest absolute Gasteiger partial charge is 0.338 e. The summed E-state index contributed by atoms with van der Waals surface area (Å²) in [6.45, 7) is 1.30. The van der Waals surface area contributed by atoms with Crippen LogP contribution in [0.5, 0.6) is 0 Å². The highest BCUT2D eigenvalue weighted by Crippen LogP contribution is 2.35. The second kappa shape index (κ2) is 9.84. The van der Waals surface area contributed by atoms with E-state index in [1.54, 1.807) is 22.8 Å². The van der Waals surface area contributed by atoms with Gasteiger partial charge in [-0.3, -0.25) is 4.57 Å². The van der Waals surface area contributed by atoms with Gasteiger partial charge in [0.25, 0.3) is 0 Å². The van der Waals surface area contributed by atoms with E-state index >= 15 is 0 Å². The van der Waals surface area contributed by atoms with Crippen molar-refractivity contribution in [2.24, 2.45) is 0 Å². The van der Waals surface area contributed by atoms with E-state index in [1.165, 1.54) is 31.5 Å². The number of esters is 1. The number of nitrogens with zero attached hydrogens (tertiary/aromatic N) is 4. The van der Waals surface area contributed by atoms with Gasteiger partial charge in [0, 0.05) is 17.3 Å². The van der Waals surface area contributed by atoms with Crippen molar-refractivity contribution in [1.82, 2.24) is 19.5 Å². The summed E-state index contributed by atoms with van der Waals surface area (Å²) in [6, 6.07) is 7.20. The lowest BCUT2D eigenvalue weighted by molar-refractivity contribution is -0.0289. The molecule has 0 aliphatic carbocycles. The largest absolute Gasteiger partial charge is 0.465 e. The highest BCUT2D eigenvalue weighted by molar-refractivity contribution is 7.99. The van der Waals surface area contributed by atoms with Crippen molar-refractivity contribution in [2.75, 3.05) is 31.4 Å². The highest BCUT2D eigenvalue weighted by atomic mass is 32.2. The average Bonchev–Trinajstić information content (AvgIpc) is 3.59. The first-order chi connectivity index (χ1) is 16.6. The van der Waals surface area contributed by atoms with Gasteiger partial charge in [-0.15, -0.1) is 11.8 Å². The zero-order valence-electron chi connectivity index (χ0n) is 18.4. The van der Waals surface area contributed by atoms with Crippen molar-refractivity contribution in [3.05, 3.63) is 42.5 Å². The maximum absolute atomic E-state index is 12.0. The van der Waals surface area contributed by atoms with E-state index in [1.807, 2.05) is 6.07 Å². The molecular formula is C22H25N5O6S. The fourth-order valence-electron chi connectivity index (χ4n) is 4.13. The van der Waals surface area contributed by atoms with Gasteiger partial charge in [0.1, 0.15) is 18.5 Å². The van der Waals surface area contributed by atoms with E-state index in [0.29, 0.717) is 46.4 Å². The number of rotatable bonds is 7. The number of imidazole rings is 1. The Balaban J connectivity index is 1.33. The summed E-state index contributed by atoms with van der Waals surface area (Å²) < 4.78 is 17.9. The number of methoxy groups -OCH3 is 1. The zero-order valence-corrected chi connectivity index (χ0v) is 19.2. The Morgan fingerprint density at radius 3 is 2.91 bits per heavy atom. The molecule has 0 spiro atoms. The first-order valence-corrected chi connectivity index (χ1v) is 11.9. The molecule has 180 valence electrons. The molecule has 0 bridgehead atoms. The lowest BCUT2D eigenvalue weighted by Gasteiger charge is -2.17. The molecule has 2 saturated heterocycles. The van der Waals surface area contributed by atoms with Crippen LogP contribution in [0.2, 0.25) is 0 Å². The number of hydrogen-bond acceptors (Lipinski definition) is 11. The Morgan fingerprint density at radius 2 is 2.12 bits per heavy atom. The van der Waals surface area contributed by atoms with Gasteiger partial charge in [-0.1, -0.05) is 12.1 Å². The average molecular weight is 488 g/mol. The summed E-state index contributed by atoms with van der Waals surface area (Å²) in [5, 5.41) is 24.8. The van der Waals surface area contributed by atoms with Crippen LogP contribution in [0.4, 0.5) is 5.82 Å². The molecule has 34 heavy (non-hydrogen) atoms. The standard InChI is InChI=1S/C22H25N5O6S/c1-31-22(30)13-4-2-3-5-15(13)34-9-14-17(28)18(29)21(33-14)27-11-25-16-19(23-10-24-20(16)27)26-12-6-7-32-8-12/h2-5,10-12,14,17-18,21,28-29H,6-9H2,1H3,(H,23,24,26)/t12-,14-,17-,18-,21-/m1/s1. The highest BCUT2D eigenvalue weighted by Gasteiger charge is 2.44. The van der Waals surface area contributed by atoms with Gasteiger partial charge in [-0.2, -0.15) is 0 Å². The normalized spacial score (nSPS) is 26.7. The van der Waals surface area contributed by atoms with Crippen LogP contribution in [0.1, 0.15) is 23.0 Å². The molecule has 2 aliphatic rings. The molecule has 2 aromatic heterocycles. The van der Waals surface area contributed by atoms with Crippen molar-refractivity contribution in [2.45, 2.75) is 41.9 Å². The van der Waals surface area contributed by atoms with Crippen molar-refractivity contribution in [3.8, 4) is 0 Å². The molecule has 2 fully saturated rings. The number of hydrogen-bond donors (Lipinski definition) is 3. The molecule has 0 unspecified atom stereocenters. The SMILES string of the molecule is COC(=O)c1ccccc1SC[C@H]1O[C@@H](n2cnc3c(N[C@@H]4CCOC4)ncnc32)[C@H](O)[C@@H]1O. The number of carbonyl (C=O) groups is 1. The van der Waals surface area contributed by atoms with Crippen LogP contribution < -0.4 is 5.32 Å². The zero-order chi connectivity index (χ0) is 23.7. The van der Waals surface area contributed by atoms with E-state index in [9.17, 15) is 15.0 Å². The lowest BCUT2D eigenvalue weighted by atomic mass is 10.1. The minimum Gasteiger partial charge on any atom is -0.465 e. The summed E-state index contributed by atoms with van der Waals surface area (Å²) >= 11 is 1.35. The number of benzene rings is 1. The second-order valence-electron chi connectivity index (χ2n) is 8.10. The van der Waals surface area contributed by atoms with Gasteiger partial charge >= 0.3 is 5.97 Å². The van der Waals surface area contributed by atoms with Gasteiger partial charge in [0.15, 0.2) is 23.2 Å². The predicted molar refractivity (Wildman–Crippen MR) is 123 cm³/mol. The Hall–Kier alpha value is -2.77. The fraction of sp³-hybridized carbons (Fsp3) is 0.455. The molecule has 0 saturated carbocycles. The molecule has 3 N–H and O–H groups in total. The third-order valence-corrected chi connectivity index (χ3v) is 7.10. The van der Waals surface area contributed by atoms with E-state index in [-0.39, 0.29) is 6.04 Å². The van der Waals surface area contributed by atoms with Gasteiger partial charge in [0.2, 0.25) is 0 Å². The number of carbonyl (C=O) groups excluding carboxylic acids is 1. The molecule has 11 nitrogen and oxygen atoms in total. The molecule has 5 atom stereocenters. The van der Waals surface area contributed by atoms with Crippen LogP contribution in [0, 0.1) is 0 Å². The first-order valence-electron chi connectivity index (χ1n) is 10.9. The molecule has 4 heterocycles.